The Balaban J connectivity index is 1.73. The molecule has 3 aromatic carbocycles. The number of hydrogen-bond acceptors (Lipinski definition) is 4. The number of hydrazone groups is 1. The van der Waals surface area contributed by atoms with Crippen molar-refractivity contribution in [1.82, 2.24) is 5.43 Å². The van der Waals surface area contributed by atoms with Crippen LogP contribution in [0.2, 0.25) is 0 Å². The second-order valence-corrected chi connectivity index (χ2v) is 7.27. The third-order valence-corrected chi connectivity index (χ3v) is 4.62. The number of amides is 2. The second-order valence-electron chi connectivity index (χ2n) is 6.36. The Morgan fingerprint density at radius 1 is 1.06 bits per heavy atom. The molecule has 3 rings (SSSR count). The SMILES string of the molecule is CCOc1ccc(C(=O)Nc2ccc(Br)cc2C(=O)NN=Cc2cccc(F)c2)cc1. The zero-order chi connectivity index (χ0) is 22.2. The predicted octanol–water partition coefficient (Wildman–Crippen LogP) is 5.00. The lowest BCUT2D eigenvalue weighted by Gasteiger charge is -2.11. The van der Waals surface area contributed by atoms with E-state index in [0.717, 1.165) is 0 Å². The maximum atomic E-state index is 13.2. The fourth-order valence-corrected chi connectivity index (χ4v) is 3.05. The molecule has 0 heterocycles. The molecule has 8 heteroatoms. The first-order chi connectivity index (χ1) is 15.0. The van der Waals surface area contributed by atoms with Gasteiger partial charge in [0, 0.05) is 10.0 Å². The van der Waals surface area contributed by atoms with Crippen molar-refractivity contribution >= 4 is 39.6 Å². The first-order valence-electron chi connectivity index (χ1n) is 9.39. The predicted molar refractivity (Wildman–Crippen MR) is 121 cm³/mol. The van der Waals surface area contributed by atoms with E-state index in [1.165, 1.54) is 18.3 Å². The van der Waals surface area contributed by atoms with Crippen LogP contribution in [-0.4, -0.2) is 24.6 Å². The van der Waals surface area contributed by atoms with E-state index in [2.05, 4.69) is 31.8 Å². The minimum atomic E-state index is -0.532. The highest BCUT2D eigenvalue weighted by atomic mass is 79.9. The largest absolute Gasteiger partial charge is 0.494 e. The summed E-state index contributed by atoms with van der Waals surface area (Å²) in [6.07, 6.45) is 1.33. The van der Waals surface area contributed by atoms with E-state index in [0.29, 0.717) is 33.6 Å². The van der Waals surface area contributed by atoms with Crippen LogP contribution in [0.1, 0.15) is 33.2 Å². The lowest BCUT2D eigenvalue weighted by Crippen LogP contribution is -2.21. The summed E-state index contributed by atoms with van der Waals surface area (Å²) in [5.41, 5.74) is 3.84. The summed E-state index contributed by atoms with van der Waals surface area (Å²) in [5, 5.41) is 6.60. The van der Waals surface area contributed by atoms with Crippen LogP contribution in [-0.2, 0) is 0 Å². The third-order valence-electron chi connectivity index (χ3n) is 4.13. The summed E-state index contributed by atoms with van der Waals surface area (Å²) in [4.78, 5) is 25.2. The van der Waals surface area contributed by atoms with Gasteiger partial charge in [0.05, 0.1) is 24.1 Å². The van der Waals surface area contributed by atoms with Crippen LogP contribution in [0.4, 0.5) is 10.1 Å². The molecular weight excluding hydrogens is 465 g/mol. The molecule has 2 N–H and O–H groups in total. The number of anilines is 1. The molecule has 0 aliphatic carbocycles. The molecule has 0 fully saturated rings. The molecule has 0 spiro atoms. The molecule has 0 atom stereocenters. The Morgan fingerprint density at radius 3 is 2.55 bits per heavy atom. The average Bonchev–Trinajstić information content (AvgIpc) is 2.75. The van der Waals surface area contributed by atoms with Gasteiger partial charge in [-0.15, -0.1) is 0 Å². The van der Waals surface area contributed by atoms with Crippen LogP contribution in [0.25, 0.3) is 0 Å². The molecule has 6 nitrogen and oxygen atoms in total. The van der Waals surface area contributed by atoms with E-state index in [4.69, 9.17) is 4.74 Å². The first kappa shape index (κ1) is 22.2. The molecule has 0 aliphatic rings. The molecule has 0 unspecified atom stereocenters. The second kappa shape index (κ2) is 10.5. The minimum absolute atomic E-state index is 0.213. The van der Waals surface area contributed by atoms with Crippen LogP contribution in [0.15, 0.2) is 76.3 Å². The maximum Gasteiger partial charge on any atom is 0.273 e. The van der Waals surface area contributed by atoms with Crippen molar-refractivity contribution < 1.29 is 18.7 Å². The average molecular weight is 484 g/mol. The van der Waals surface area contributed by atoms with E-state index < -0.39 is 11.7 Å². The Bertz CT molecular complexity index is 1120. The number of carbonyl (C=O) groups is 2. The lowest BCUT2D eigenvalue weighted by molar-refractivity contribution is 0.0956. The van der Waals surface area contributed by atoms with Gasteiger partial charge < -0.3 is 10.1 Å². The highest BCUT2D eigenvalue weighted by Gasteiger charge is 2.15. The minimum Gasteiger partial charge on any atom is -0.494 e. The summed E-state index contributed by atoms with van der Waals surface area (Å²) in [6, 6.07) is 17.4. The topological polar surface area (TPSA) is 79.8 Å². The van der Waals surface area contributed by atoms with Gasteiger partial charge in [-0.05, 0) is 67.1 Å². The number of halogens is 2. The smallest absolute Gasteiger partial charge is 0.273 e. The van der Waals surface area contributed by atoms with Crippen molar-refractivity contribution in [2.24, 2.45) is 5.10 Å². The molecular formula is C23H19BrFN3O3. The summed E-state index contributed by atoms with van der Waals surface area (Å²) in [5.74, 6) is -0.640. The molecule has 0 saturated heterocycles. The molecule has 2 amide bonds. The van der Waals surface area contributed by atoms with Crippen LogP contribution < -0.4 is 15.5 Å². The van der Waals surface area contributed by atoms with E-state index >= 15 is 0 Å². The van der Waals surface area contributed by atoms with Crippen LogP contribution in [0.3, 0.4) is 0 Å². The Morgan fingerprint density at radius 2 is 1.84 bits per heavy atom. The fourth-order valence-electron chi connectivity index (χ4n) is 2.69. The summed E-state index contributed by atoms with van der Waals surface area (Å²) < 4.78 is 19.3. The normalized spacial score (nSPS) is 10.7. The van der Waals surface area contributed by atoms with E-state index in [9.17, 15) is 14.0 Å². The van der Waals surface area contributed by atoms with Gasteiger partial charge >= 0.3 is 0 Å². The van der Waals surface area contributed by atoms with Gasteiger partial charge in [-0.1, -0.05) is 28.1 Å². The highest BCUT2D eigenvalue weighted by Crippen LogP contribution is 2.22. The molecule has 31 heavy (non-hydrogen) atoms. The molecule has 0 aliphatic heterocycles. The molecule has 158 valence electrons. The number of nitrogens with one attached hydrogen (secondary N) is 2. The van der Waals surface area contributed by atoms with Crippen molar-refractivity contribution in [2.45, 2.75) is 6.92 Å². The van der Waals surface area contributed by atoms with E-state index in [1.807, 2.05) is 6.92 Å². The van der Waals surface area contributed by atoms with Gasteiger partial charge in [-0.2, -0.15) is 5.10 Å². The molecule has 3 aromatic rings. The standard InChI is InChI=1S/C23H19BrFN3O3/c1-2-31-19-9-6-16(7-10-19)22(29)27-21-11-8-17(24)13-20(21)23(30)28-26-14-15-4-3-5-18(25)12-15/h3-14H,2H2,1H3,(H,27,29)(H,28,30). The van der Waals surface area contributed by atoms with Crippen molar-refractivity contribution in [1.29, 1.82) is 0 Å². The first-order valence-corrected chi connectivity index (χ1v) is 10.2. The van der Waals surface area contributed by atoms with Crippen LogP contribution >= 0.6 is 15.9 Å². The van der Waals surface area contributed by atoms with Crippen LogP contribution in [0, 0.1) is 5.82 Å². The van der Waals surface area contributed by atoms with E-state index in [1.54, 1.807) is 54.6 Å². The van der Waals surface area contributed by atoms with Gasteiger partial charge in [-0.3, -0.25) is 9.59 Å². The van der Waals surface area contributed by atoms with Gasteiger partial charge in [0.2, 0.25) is 0 Å². The van der Waals surface area contributed by atoms with Crippen molar-refractivity contribution in [3.05, 3.63) is 93.7 Å². The molecule has 0 aromatic heterocycles. The van der Waals surface area contributed by atoms with Crippen molar-refractivity contribution in [2.75, 3.05) is 11.9 Å². The fraction of sp³-hybridized carbons (Fsp3) is 0.0870. The molecule has 0 saturated carbocycles. The zero-order valence-electron chi connectivity index (χ0n) is 16.6. The number of rotatable bonds is 7. The highest BCUT2D eigenvalue weighted by molar-refractivity contribution is 9.10. The zero-order valence-corrected chi connectivity index (χ0v) is 18.1. The number of hydrogen-bond donors (Lipinski definition) is 2. The van der Waals surface area contributed by atoms with Gasteiger partial charge in [0.15, 0.2) is 0 Å². The Hall–Kier alpha value is -3.52. The third kappa shape index (κ3) is 6.23. The van der Waals surface area contributed by atoms with Crippen LogP contribution in [0.5, 0.6) is 5.75 Å². The Kier molecular flexibility index (Phi) is 7.50. The number of ether oxygens (including phenoxy) is 1. The summed E-state index contributed by atoms with van der Waals surface area (Å²) >= 11 is 3.32. The summed E-state index contributed by atoms with van der Waals surface area (Å²) in [7, 11) is 0. The van der Waals surface area contributed by atoms with Gasteiger partial charge in [0.1, 0.15) is 11.6 Å². The lowest BCUT2D eigenvalue weighted by atomic mass is 10.1. The monoisotopic (exact) mass is 483 g/mol. The van der Waals surface area contributed by atoms with Crippen molar-refractivity contribution in [3.63, 3.8) is 0 Å². The molecule has 0 radical (unpaired) electrons. The van der Waals surface area contributed by atoms with Gasteiger partial charge in [-0.25, -0.2) is 9.82 Å². The van der Waals surface area contributed by atoms with E-state index in [-0.39, 0.29) is 11.5 Å². The summed E-state index contributed by atoms with van der Waals surface area (Å²) in [6.45, 7) is 2.41. The molecule has 0 bridgehead atoms. The Labute approximate surface area is 187 Å². The number of nitrogens with zero attached hydrogens (tertiary/aromatic N) is 1. The number of benzene rings is 3. The quantitative estimate of drug-likeness (QED) is 0.366. The maximum absolute atomic E-state index is 13.2. The number of carbonyl (C=O) groups excluding carboxylic acids is 2. The van der Waals surface area contributed by atoms with Gasteiger partial charge in [0.25, 0.3) is 11.8 Å². The van der Waals surface area contributed by atoms with Crippen molar-refractivity contribution in [3.8, 4) is 5.75 Å².